The normalized spacial score (nSPS) is 11.9. The van der Waals surface area contributed by atoms with Gasteiger partial charge in [0.15, 0.2) is 5.82 Å². The Kier molecular flexibility index (Phi) is 5.45. The molecule has 0 unspecified atom stereocenters. The maximum absolute atomic E-state index is 6.40. The van der Waals surface area contributed by atoms with Crippen LogP contribution in [0.3, 0.4) is 0 Å². The lowest BCUT2D eigenvalue weighted by atomic mass is 9.98. The summed E-state index contributed by atoms with van der Waals surface area (Å²) in [5, 5.41) is 8.41. The molecule has 0 aliphatic heterocycles. The van der Waals surface area contributed by atoms with Gasteiger partial charge in [0.05, 0.1) is 15.9 Å². The molecule has 0 saturated heterocycles. The Morgan fingerprint density at radius 2 is 1.09 bits per heavy atom. The molecule has 3 heterocycles. The number of para-hydroxylation sites is 2. The molecular weight excluding hydrogens is 581 g/mol. The van der Waals surface area contributed by atoms with E-state index in [1.165, 1.54) is 31.6 Å². The first-order valence-corrected chi connectivity index (χ1v) is 16.2. The van der Waals surface area contributed by atoms with Gasteiger partial charge in [-0.2, -0.15) is 0 Å². The van der Waals surface area contributed by atoms with Crippen LogP contribution in [0.2, 0.25) is 0 Å². The molecule has 0 radical (unpaired) electrons. The van der Waals surface area contributed by atoms with Crippen LogP contribution in [0.4, 0.5) is 0 Å². The second-order valence-electron chi connectivity index (χ2n) is 11.7. The first-order chi connectivity index (χ1) is 22.8. The fraction of sp³-hybridized carbons (Fsp3) is 0. The third-order valence-electron chi connectivity index (χ3n) is 9.08. The van der Waals surface area contributed by atoms with Crippen molar-refractivity contribution in [2.24, 2.45) is 0 Å². The van der Waals surface area contributed by atoms with Crippen molar-refractivity contribution in [2.75, 3.05) is 0 Å². The minimum Gasteiger partial charge on any atom is -0.455 e. The van der Waals surface area contributed by atoms with Crippen molar-refractivity contribution in [3.05, 3.63) is 146 Å². The first-order valence-electron chi connectivity index (χ1n) is 15.4. The van der Waals surface area contributed by atoms with Crippen molar-refractivity contribution >= 4 is 75.1 Å². The van der Waals surface area contributed by atoms with E-state index >= 15 is 0 Å². The van der Waals surface area contributed by atoms with Crippen molar-refractivity contribution in [3.8, 4) is 33.8 Å². The van der Waals surface area contributed by atoms with Gasteiger partial charge in [-0.05, 0) is 33.9 Å². The highest BCUT2D eigenvalue weighted by Gasteiger charge is 2.21. The van der Waals surface area contributed by atoms with Gasteiger partial charge in [-0.1, -0.05) is 133 Å². The molecule has 46 heavy (non-hydrogen) atoms. The second kappa shape index (κ2) is 9.83. The van der Waals surface area contributed by atoms with Gasteiger partial charge in [0.1, 0.15) is 11.2 Å². The van der Waals surface area contributed by atoms with Crippen LogP contribution in [0, 0.1) is 0 Å². The molecule has 10 rings (SSSR count). The summed E-state index contributed by atoms with van der Waals surface area (Å²) in [6.45, 7) is 0. The Morgan fingerprint density at radius 1 is 0.457 bits per heavy atom. The average Bonchev–Trinajstić information content (AvgIpc) is 3.71. The zero-order chi connectivity index (χ0) is 30.2. The average molecular weight is 605 g/mol. The van der Waals surface area contributed by atoms with Gasteiger partial charge in [-0.15, -0.1) is 11.3 Å². The number of fused-ring (bicyclic) bond motifs is 11. The number of thiophene rings is 1. The molecular formula is C42H24N2OS. The standard InChI is InChI=1S/C42H24N2OS/c1-2-12-25(13-3-1)37-41-38(36-32-19-6-4-16-29(32)30-17-5-7-20-34(30)40(36)46-41)44-42(43-37)27-15-10-14-26(24-27)28-21-11-22-33-31-18-8-9-23-35(31)45-39(28)33/h1-24H. The van der Waals surface area contributed by atoms with Crippen LogP contribution in [-0.4, -0.2) is 9.97 Å². The molecule has 3 nitrogen and oxygen atoms in total. The van der Waals surface area contributed by atoms with Crippen molar-refractivity contribution < 1.29 is 4.42 Å². The van der Waals surface area contributed by atoms with E-state index in [0.717, 1.165) is 60.1 Å². The summed E-state index contributed by atoms with van der Waals surface area (Å²) in [6, 6.07) is 51.1. The van der Waals surface area contributed by atoms with Crippen LogP contribution in [0.1, 0.15) is 0 Å². The van der Waals surface area contributed by atoms with E-state index in [1.54, 1.807) is 11.3 Å². The molecule has 3 aromatic heterocycles. The van der Waals surface area contributed by atoms with E-state index in [4.69, 9.17) is 14.4 Å². The number of nitrogens with zero attached hydrogens (tertiary/aromatic N) is 2. The van der Waals surface area contributed by atoms with Gasteiger partial charge in [0, 0.05) is 42.9 Å². The molecule has 7 aromatic carbocycles. The van der Waals surface area contributed by atoms with Gasteiger partial charge in [-0.25, -0.2) is 9.97 Å². The highest BCUT2D eigenvalue weighted by Crippen LogP contribution is 2.46. The lowest BCUT2D eigenvalue weighted by Crippen LogP contribution is -1.94. The van der Waals surface area contributed by atoms with E-state index in [2.05, 4.69) is 133 Å². The van der Waals surface area contributed by atoms with Gasteiger partial charge >= 0.3 is 0 Å². The fourth-order valence-corrected chi connectivity index (χ4v) is 8.30. The van der Waals surface area contributed by atoms with Crippen LogP contribution in [0.5, 0.6) is 0 Å². The highest BCUT2D eigenvalue weighted by molar-refractivity contribution is 7.27. The van der Waals surface area contributed by atoms with Crippen LogP contribution in [0.25, 0.3) is 97.6 Å². The van der Waals surface area contributed by atoms with Crippen LogP contribution in [0.15, 0.2) is 150 Å². The van der Waals surface area contributed by atoms with Gasteiger partial charge in [-0.3, -0.25) is 0 Å². The summed E-state index contributed by atoms with van der Waals surface area (Å²) in [5.74, 6) is 0.710. The Balaban J connectivity index is 1.27. The lowest BCUT2D eigenvalue weighted by molar-refractivity contribution is 0.670. The van der Waals surface area contributed by atoms with E-state index in [-0.39, 0.29) is 0 Å². The van der Waals surface area contributed by atoms with Gasteiger partial charge in [0.25, 0.3) is 0 Å². The molecule has 0 atom stereocenters. The number of rotatable bonds is 3. The molecule has 10 aromatic rings. The Bertz CT molecular complexity index is 2810. The monoisotopic (exact) mass is 604 g/mol. The van der Waals surface area contributed by atoms with E-state index in [9.17, 15) is 0 Å². The maximum atomic E-state index is 6.40. The minimum atomic E-state index is 0.710. The molecule has 0 amide bonds. The minimum absolute atomic E-state index is 0.710. The summed E-state index contributed by atoms with van der Waals surface area (Å²) >= 11 is 1.80. The van der Waals surface area contributed by atoms with Crippen molar-refractivity contribution in [1.29, 1.82) is 0 Å². The van der Waals surface area contributed by atoms with Crippen molar-refractivity contribution in [2.45, 2.75) is 0 Å². The number of hydrogen-bond acceptors (Lipinski definition) is 4. The van der Waals surface area contributed by atoms with Crippen molar-refractivity contribution in [3.63, 3.8) is 0 Å². The SMILES string of the molecule is c1ccc(-c2nc(-c3cccc(-c4cccc5c4oc4ccccc45)c3)nc3c2sc2c4ccccc4c4ccccc4c32)cc1. The number of furan rings is 1. The molecule has 0 saturated carbocycles. The highest BCUT2D eigenvalue weighted by atomic mass is 32.1. The first kappa shape index (κ1) is 25.5. The van der Waals surface area contributed by atoms with Crippen molar-refractivity contribution in [1.82, 2.24) is 9.97 Å². The zero-order valence-electron chi connectivity index (χ0n) is 24.6. The number of aromatic nitrogens is 2. The Hall–Kier alpha value is -5.84. The fourth-order valence-electron chi connectivity index (χ4n) is 6.99. The molecule has 0 aliphatic rings. The molecule has 4 heteroatoms. The largest absolute Gasteiger partial charge is 0.455 e. The molecule has 0 aliphatic carbocycles. The summed E-state index contributed by atoms with van der Waals surface area (Å²) in [7, 11) is 0. The maximum Gasteiger partial charge on any atom is 0.160 e. The molecule has 0 bridgehead atoms. The van der Waals surface area contributed by atoms with Crippen LogP contribution >= 0.6 is 11.3 Å². The number of benzene rings is 7. The Morgan fingerprint density at radius 3 is 1.93 bits per heavy atom. The topological polar surface area (TPSA) is 38.9 Å². The summed E-state index contributed by atoms with van der Waals surface area (Å²) in [6.07, 6.45) is 0. The van der Waals surface area contributed by atoms with E-state index in [1.807, 2.05) is 12.1 Å². The molecule has 0 spiro atoms. The second-order valence-corrected chi connectivity index (χ2v) is 12.7. The predicted octanol–water partition coefficient (Wildman–Crippen LogP) is 12.1. The zero-order valence-corrected chi connectivity index (χ0v) is 25.4. The lowest BCUT2D eigenvalue weighted by Gasteiger charge is -2.10. The van der Waals surface area contributed by atoms with Gasteiger partial charge < -0.3 is 4.42 Å². The molecule has 0 fully saturated rings. The summed E-state index contributed by atoms with van der Waals surface area (Å²) in [4.78, 5) is 10.7. The summed E-state index contributed by atoms with van der Waals surface area (Å²) < 4.78 is 8.76. The van der Waals surface area contributed by atoms with Crippen LogP contribution < -0.4 is 0 Å². The Labute approximate surface area is 268 Å². The number of hydrogen-bond donors (Lipinski definition) is 0. The van der Waals surface area contributed by atoms with Gasteiger partial charge in [0.2, 0.25) is 0 Å². The van der Waals surface area contributed by atoms with E-state index in [0.29, 0.717) is 5.82 Å². The molecule has 0 N–H and O–H groups in total. The third-order valence-corrected chi connectivity index (χ3v) is 10.3. The predicted molar refractivity (Wildman–Crippen MR) is 194 cm³/mol. The summed E-state index contributed by atoms with van der Waals surface area (Å²) in [5.41, 5.74) is 7.91. The quantitative estimate of drug-likeness (QED) is 0.188. The van der Waals surface area contributed by atoms with Crippen LogP contribution in [-0.2, 0) is 0 Å². The van der Waals surface area contributed by atoms with E-state index < -0.39 is 0 Å². The smallest absolute Gasteiger partial charge is 0.160 e. The third kappa shape index (κ3) is 3.71. The molecule has 214 valence electrons.